The molecule has 40 heavy (non-hydrogen) atoms. The van der Waals surface area contributed by atoms with Crippen molar-refractivity contribution in [1.82, 2.24) is 9.97 Å². The predicted octanol–water partition coefficient (Wildman–Crippen LogP) is 3.44. The molecule has 218 valence electrons. The van der Waals surface area contributed by atoms with Gasteiger partial charge in [-0.3, -0.25) is 4.79 Å². The van der Waals surface area contributed by atoms with E-state index in [1.54, 1.807) is 18.2 Å². The van der Waals surface area contributed by atoms with E-state index < -0.39 is 24.3 Å². The second-order valence-electron chi connectivity index (χ2n) is 8.53. The zero-order valence-corrected chi connectivity index (χ0v) is 21.4. The molecule has 15 heteroatoms. The molecule has 1 unspecified atom stereocenters. The van der Waals surface area contributed by atoms with Gasteiger partial charge < -0.3 is 35.0 Å². The second kappa shape index (κ2) is 15.1. The number of carboxylic acid groups (broad SMARTS) is 3. The summed E-state index contributed by atoms with van der Waals surface area (Å²) in [5, 5.41) is 27.9. The summed E-state index contributed by atoms with van der Waals surface area (Å²) in [5.41, 5.74) is 0.834. The number of alkyl halides is 3. The summed E-state index contributed by atoms with van der Waals surface area (Å²) in [5.74, 6) is -2.32. The molecule has 0 radical (unpaired) electrons. The number of anilines is 2. The highest BCUT2D eigenvalue weighted by molar-refractivity contribution is 5.89. The summed E-state index contributed by atoms with van der Waals surface area (Å²) in [6, 6.07) is 7.68. The van der Waals surface area contributed by atoms with Crippen LogP contribution in [0.15, 0.2) is 42.5 Å². The van der Waals surface area contributed by atoms with Crippen LogP contribution >= 0.6 is 0 Å². The number of ether oxygens (including phenoxy) is 2. The van der Waals surface area contributed by atoms with Gasteiger partial charge >= 0.3 is 30.3 Å². The third kappa shape index (κ3) is 12.3. The van der Waals surface area contributed by atoms with Crippen molar-refractivity contribution < 1.29 is 52.3 Å². The average Bonchev–Trinajstić information content (AvgIpc) is 2.87. The lowest BCUT2D eigenvalue weighted by Crippen LogP contribution is -2.37. The topological polar surface area (TPSA) is 171 Å². The van der Waals surface area contributed by atoms with Crippen LogP contribution in [0.4, 0.5) is 24.8 Å². The minimum Gasteiger partial charge on any atom is -0.481 e. The van der Waals surface area contributed by atoms with E-state index in [1.165, 1.54) is 19.2 Å². The Balaban J connectivity index is 0.000000611. The molecule has 2 aromatic rings. The first-order valence-corrected chi connectivity index (χ1v) is 12.0. The van der Waals surface area contributed by atoms with Crippen LogP contribution in [0, 0.1) is 5.92 Å². The van der Waals surface area contributed by atoms with Gasteiger partial charge in [0.05, 0.1) is 7.11 Å². The van der Waals surface area contributed by atoms with Crippen molar-refractivity contribution in [2.75, 3.05) is 37.0 Å². The number of aromatic nitrogens is 2. The van der Waals surface area contributed by atoms with E-state index in [1.807, 2.05) is 4.90 Å². The van der Waals surface area contributed by atoms with E-state index >= 15 is 0 Å². The molecule has 1 aliphatic heterocycles. The van der Waals surface area contributed by atoms with Crippen molar-refractivity contribution >= 4 is 29.5 Å². The highest BCUT2D eigenvalue weighted by Gasteiger charge is 2.31. The number of nitrogens with zero attached hydrogens (tertiary/aromatic N) is 3. The molecule has 0 aliphatic carbocycles. The van der Waals surface area contributed by atoms with E-state index in [0.717, 1.165) is 24.9 Å². The van der Waals surface area contributed by atoms with Crippen LogP contribution in [0.2, 0.25) is 0 Å². The Kier molecular flexibility index (Phi) is 12.0. The monoisotopic (exact) mass is 570 g/mol. The lowest BCUT2D eigenvalue weighted by molar-refractivity contribution is -0.274. The number of piperidine rings is 1. The first-order chi connectivity index (χ1) is 18.8. The van der Waals surface area contributed by atoms with E-state index in [9.17, 15) is 27.6 Å². The zero-order chi connectivity index (χ0) is 29.7. The van der Waals surface area contributed by atoms with E-state index in [4.69, 9.17) is 20.1 Å². The molecule has 1 aromatic heterocycles. The molecule has 3 rings (SSSR count). The number of carboxylic acids is 3. The van der Waals surface area contributed by atoms with Crippen molar-refractivity contribution in [2.24, 2.45) is 5.92 Å². The molecular weight excluding hydrogens is 541 g/mol. The van der Waals surface area contributed by atoms with Crippen molar-refractivity contribution in [2.45, 2.75) is 32.0 Å². The van der Waals surface area contributed by atoms with Gasteiger partial charge in [-0.1, -0.05) is 12.1 Å². The minimum atomic E-state index is -4.71. The molecule has 0 amide bonds. The third-order valence-electron chi connectivity index (χ3n) is 5.43. The summed E-state index contributed by atoms with van der Waals surface area (Å²) in [4.78, 5) is 40.9. The maximum atomic E-state index is 12.3. The smallest absolute Gasteiger partial charge is 0.481 e. The summed E-state index contributed by atoms with van der Waals surface area (Å²) >= 11 is 0. The largest absolute Gasteiger partial charge is 0.573 e. The Bertz CT molecular complexity index is 1160. The van der Waals surface area contributed by atoms with Gasteiger partial charge in [0.25, 0.3) is 0 Å². The lowest BCUT2D eigenvalue weighted by atomic mass is 9.95. The average molecular weight is 571 g/mol. The Labute approximate surface area is 227 Å². The van der Waals surface area contributed by atoms with Crippen molar-refractivity contribution in [1.29, 1.82) is 0 Å². The molecule has 12 nitrogen and oxygen atoms in total. The van der Waals surface area contributed by atoms with Gasteiger partial charge in [0.1, 0.15) is 17.4 Å². The number of hydrogen-bond acceptors (Lipinski definition) is 9. The fourth-order valence-corrected chi connectivity index (χ4v) is 3.78. The van der Waals surface area contributed by atoms with Crippen LogP contribution in [-0.4, -0.2) is 76.3 Å². The van der Waals surface area contributed by atoms with Crippen molar-refractivity contribution in [3.63, 3.8) is 0 Å². The van der Waals surface area contributed by atoms with E-state index in [0.29, 0.717) is 43.3 Å². The van der Waals surface area contributed by atoms with Gasteiger partial charge in [-0.05, 0) is 42.9 Å². The third-order valence-corrected chi connectivity index (χ3v) is 5.43. The Morgan fingerprint density at radius 3 is 2.30 bits per heavy atom. The molecule has 0 bridgehead atoms. The SMILES string of the molecule is COc1nc(NCCc2ccc(OC(F)(F)F)cc2)cc(N2CCCC(CC(=O)O)C2)n1.O=C(O)/C=C/C(=O)O. The molecule has 1 fully saturated rings. The summed E-state index contributed by atoms with van der Waals surface area (Å²) in [6.07, 6.45) is -1.18. The van der Waals surface area contributed by atoms with Crippen molar-refractivity contribution in [3.8, 4) is 11.8 Å². The van der Waals surface area contributed by atoms with Gasteiger partial charge in [0.15, 0.2) is 0 Å². The Hall–Kier alpha value is -4.56. The predicted molar refractivity (Wildman–Crippen MR) is 136 cm³/mol. The number of methoxy groups -OCH3 is 1. The Morgan fingerprint density at radius 2 is 1.75 bits per heavy atom. The summed E-state index contributed by atoms with van der Waals surface area (Å²) < 4.78 is 45.8. The quantitative estimate of drug-likeness (QED) is 0.291. The molecule has 2 heterocycles. The number of aliphatic carboxylic acids is 3. The van der Waals surface area contributed by atoms with Gasteiger partial charge in [-0.15, -0.1) is 13.2 Å². The molecule has 0 saturated carbocycles. The van der Waals surface area contributed by atoms with Crippen LogP contribution in [0.5, 0.6) is 11.8 Å². The zero-order valence-electron chi connectivity index (χ0n) is 21.4. The van der Waals surface area contributed by atoms with Crippen LogP contribution < -0.4 is 19.7 Å². The van der Waals surface area contributed by atoms with Crippen molar-refractivity contribution in [3.05, 3.63) is 48.0 Å². The molecule has 1 saturated heterocycles. The number of hydrogen-bond donors (Lipinski definition) is 4. The fraction of sp³-hybridized carbons (Fsp3) is 0.400. The summed E-state index contributed by atoms with van der Waals surface area (Å²) in [7, 11) is 1.47. The van der Waals surface area contributed by atoms with E-state index in [2.05, 4.69) is 20.0 Å². The number of rotatable bonds is 11. The normalized spacial score (nSPS) is 15.1. The fourth-order valence-electron chi connectivity index (χ4n) is 3.78. The highest BCUT2D eigenvalue weighted by Crippen LogP contribution is 2.27. The molecular formula is C25H29F3N4O8. The maximum absolute atomic E-state index is 12.3. The maximum Gasteiger partial charge on any atom is 0.573 e. The van der Waals surface area contributed by atoms with Gasteiger partial charge in [-0.25, -0.2) is 9.59 Å². The van der Waals surface area contributed by atoms with Gasteiger partial charge in [-0.2, -0.15) is 9.97 Å². The lowest BCUT2D eigenvalue weighted by Gasteiger charge is -2.33. The first kappa shape index (κ1) is 31.7. The van der Waals surface area contributed by atoms with Crippen LogP contribution in [-0.2, 0) is 20.8 Å². The highest BCUT2D eigenvalue weighted by atomic mass is 19.4. The van der Waals surface area contributed by atoms with Crippen LogP contribution in [0.25, 0.3) is 0 Å². The second-order valence-corrected chi connectivity index (χ2v) is 8.53. The van der Waals surface area contributed by atoms with Crippen LogP contribution in [0.3, 0.4) is 0 Å². The van der Waals surface area contributed by atoms with Gasteiger partial charge in [0.2, 0.25) is 0 Å². The van der Waals surface area contributed by atoms with E-state index in [-0.39, 0.29) is 24.1 Å². The molecule has 1 aliphatic rings. The standard InChI is InChI=1S/C21H25F3N4O4.C4H4O4/c1-31-20-26-17(12-18(27-20)28-10-2-3-15(13-28)11-19(29)30)25-9-8-14-4-6-16(7-5-14)32-21(22,23)24;5-3(6)1-2-4(7)8/h4-7,12,15H,2-3,8-11,13H2,1H3,(H,29,30)(H,25,26,27);1-2H,(H,5,6)(H,7,8)/b;2-1+. The summed E-state index contributed by atoms with van der Waals surface area (Å²) in [6.45, 7) is 1.85. The first-order valence-electron chi connectivity index (χ1n) is 12.0. The van der Waals surface area contributed by atoms with Gasteiger partial charge in [0, 0.05) is 44.3 Å². The molecule has 1 atom stereocenters. The number of nitrogens with one attached hydrogen (secondary N) is 1. The molecule has 4 N–H and O–H groups in total. The number of halogens is 3. The number of carbonyl (C=O) groups is 3. The Morgan fingerprint density at radius 1 is 1.10 bits per heavy atom. The molecule has 0 spiro atoms. The minimum absolute atomic E-state index is 0.0583. The van der Waals surface area contributed by atoms with Crippen LogP contribution in [0.1, 0.15) is 24.8 Å². The molecule has 1 aromatic carbocycles. The number of benzene rings is 1.